The molecule has 58 heavy (non-hydrogen) atoms. The third-order valence-corrected chi connectivity index (χ3v) is 11.0. The fraction of sp³-hybridized carbons (Fsp3) is 0.308. The van der Waals surface area contributed by atoms with Crippen LogP contribution in [0.5, 0.6) is 11.5 Å². The van der Waals surface area contributed by atoms with Crippen LogP contribution in [0.1, 0.15) is 98.4 Å². The fourth-order valence-electron chi connectivity index (χ4n) is 7.75. The molecule has 1 aliphatic rings. The quantitative estimate of drug-likeness (QED) is 0.149. The Morgan fingerprint density at radius 1 is 0.638 bits per heavy atom. The molecule has 302 valence electrons. The summed E-state index contributed by atoms with van der Waals surface area (Å²) in [6.45, 7) is 27.3. The number of ether oxygens (including phenoxy) is 1. The summed E-state index contributed by atoms with van der Waals surface area (Å²) >= 11 is 0. The predicted octanol–water partition coefficient (Wildman–Crippen LogP) is 14.1. The second kappa shape index (κ2) is 15.4. The van der Waals surface area contributed by atoms with Gasteiger partial charge in [-0.25, -0.2) is 4.98 Å². The minimum absolute atomic E-state index is 0. The molecule has 0 bridgehead atoms. The number of anilines is 4. The van der Waals surface area contributed by atoms with Gasteiger partial charge in [0.05, 0.1) is 0 Å². The van der Waals surface area contributed by atoms with E-state index in [2.05, 4.69) is 194 Å². The smallest absolute Gasteiger partial charge is 0.135 e. The molecule has 5 nitrogen and oxygen atoms in total. The molecule has 0 radical (unpaired) electrons. The monoisotopic (exact) mass is 946 g/mol. The molecule has 0 amide bonds. The molecule has 2 aromatic heterocycles. The van der Waals surface area contributed by atoms with Crippen LogP contribution < -0.4 is 14.5 Å². The van der Waals surface area contributed by atoms with E-state index in [0.29, 0.717) is 17.4 Å². The van der Waals surface area contributed by atoms with Crippen LogP contribution in [-0.2, 0) is 43.7 Å². The van der Waals surface area contributed by atoms with Gasteiger partial charge < -0.3 is 19.1 Å². The first-order chi connectivity index (χ1) is 26.9. The molecule has 0 aliphatic carbocycles. The van der Waals surface area contributed by atoms with E-state index in [-0.39, 0.29) is 37.3 Å². The number of rotatable bonds is 7. The zero-order valence-electron chi connectivity index (χ0n) is 35.8. The number of para-hydroxylation sites is 1. The van der Waals surface area contributed by atoms with E-state index in [1.165, 1.54) is 22.3 Å². The van der Waals surface area contributed by atoms with Crippen LogP contribution in [0.3, 0.4) is 0 Å². The summed E-state index contributed by atoms with van der Waals surface area (Å²) in [4.78, 5) is 9.42. The second-order valence-corrected chi connectivity index (χ2v) is 19.1. The Hall–Kier alpha value is -4.86. The summed E-state index contributed by atoms with van der Waals surface area (Å²) in [6, 6.07) is 44.2. The van der Waals surface area contributed by atoms with Crippen molar-refractivity contribution >= 4 is 44.6 Å². The van der Waals surface area contributed by atoms with Gasteiger partial charge in [-0.2, -0.15) is 12.1 Å². The van der Waals surface area contributed by atoms with E-state index in [1.807, 2.05) is 24.4 Å². The molecule has 0 spiro atoms. The van der Waals surface area contributed by atoms with E-state index in [1.54, 1.807) is 0 Å². The van der Waals surface area contributed by atoms with Gasteiger partial charge in [0.15, 0.2) is 0 Å². The van der Waals surface area contributed by atoms with Crippen molar-refractivity contribution in [2.75, 3.05) is 9.80 Å². The molecule has 0 fully saturated rings. The average molecular weight is 947 g/mol. The van der Waals surface area contributed by atoms with Gasteiger partial charge in [-0.05, 0) is 98.7 Å². The Labute approximate surface area is 360 Å². The zero-order chi connectivity index (χ0) is 40.4. The zero-order valence-corrected chi connectivity index (χ0v) is 38.0. The van der Waals surface area contributed by atoms with Gasteiger partial charge in [-0.3, -0.25) is 0 Å². The van der Waals surface area contributed by atoms with Crippen LogP contribution in [0.25, 0.3) is 27.6 Å². The van der Waals surface area contributed by atoms with Crippen LogP contribution in [0.2, 0.25) is 0 Å². The molecule has 7 aromatic rings. The Kier molecular flexibility index (Phi) is 11.0. The van der Waals surface area contributed by atoms with Crippen molar-refractivity contribution in [3.63, 3.8) is 0 Å². The van der Waals surface area contributed by atoms with Gasteiger partial charge in [0.25, 0.3) is 0 Å². The van der Waals surface area contributed by atoms with E-state index in [4.69, 9.17) is 9.72 Å². The van der Waals surface area contributed by atoms with Crippen LogP contribution in [-0.4, -0.2) is 9.55 Å². The standard InChI is InChI=1S/C52H55N4O.Pt/c1-34(2)25-35-23-24-53-49(26-35)56-45-18-13-12-17-43(45)44-21-20-42(32-47(44)56)57-41-16-14-15-39(31-41)54-33-55(48-30-36(50(3,4)5)19-22-46(48)54)40-28-37(51(6,7)8)27-38(29-40)52(9,10)11;/h12-24,26-30,33-34H,25H2,1-11H3;/q-3;. The molecular weight excluding hydrogens is 892 g/mol. The van der Waals surface area contributed by atoms with Crippen molar-refractivity contribution in [1.29, 1.82) is 0 Å². The summed E-state index contributed by atoms with van der Waals surface area (Å²) in [7, 11) is 0. The third kappa shape index (κ3) is 8.08. The third-order valence-electron chi connectivity index (χ3n) is 11.0. The number of aromatic nitrogens is 2. The van der Waals surface area contributed by atoms with Gasteiger partial charge in [0, 0.05) is 61.3 Å². The van der Waals surface area contributed by atoms with Crippen LogP contribution in [0.15, 0.2) is 109 Å². The van der Waals surface area contributed by atoms with Crippen molar-refractivity contribution in [3.8, 4) is 17.3 Å². The van der Waals surface area contributed by atoms with Crippen molar-refractivity contribution in [1.82, 2.24) is 9.55 Å². The van der Waals surface area contributed by atoms with Gasteiger partial charge in [-0.15, -0.1) is 48.1 Å². The maximum absolute atomic E-state index is 6.62. The number of hydrogen-bond donors (Lipinski definition) is 0. The van der Waals surface area contributed by atoms with Crippen LogP contribution >= 0.6 is 0 Å². The van der Waals surface area contributed by atoms with E-state index >= 15 is 0 Å². The Morgan fingerprint density at radius 2 is 1.33 bits per heavy atom. The van der Waals surface area contributed by atoms with E-state index in [9.17, 15) is 0 Å². The average Bonchev–Trinajstić information content (AvgIpc) is 3.69. The molecule has 0 unspecified atom stereocenters. The van der Waals surface area contributed by atoms with Crippen molar-refractivity contribution < 1.29 is 25.8 Å². The molecule has 3 heterocycles. The molecule has 1 aliphatic heterocycles. The van der Waals surface area contributed by atoms with Gasteiger partial charge >= 0.3 is 0 Å². The minimum atomic E-state index is -0.00629. The summed E-state index contributed by atoms with van der Waals surface area (Å²) in [5.74, 6) is 2.67. The molecule has 6 heteroatoms. The Morgan fingerprint density at radius 3 is 2.02 bits per heavy atom. The first kappa shape index (κ1) is 41.3. The maximum atomic E-state index is 6.62. The summed E-state index contributed by atoms with van der Waals surface area (Å²) in [6.07, 6.45) is 2.91. The maximum Gasteiger partial charge on any atom is 0.135 e. The number of hydrogen-bond acceptors (Lipinski definition) is 4. The fourth-order valence-corrected chi connectivity index (χ4v) is 7.75. The molecular formula is C52H55N4OPt-3. The number of benzene rings is 5. The summed E-state index contributed by atoms with van der Waals surface area (Å²) < 4.78 is 8.83. The van der Waals surface area contributed by atoms with E-state index in [0.717, 1.165) is 56.8 Å². The van der Waals surface area contributed by atoms with Gasteiger partial charge in [0.2, 0.25) is 0 Å². The molecule has 0 saturated carbocycles. The molecule has 0 N–H and O–H groups in total. The van der Waals surface area contributed by atoms with Gasteiger partial charge in [0.1, 0.15) is 5.82 Å². The Balaban J connectivity index is 0.00000512. The van der Waals surface area contributed by atoms with Gasteiger partial charge in [-0.1, -0.05) is 112 Å². The molecule has 0 saturated heterocycles. The molecule has 5 aromatic carbocycles. The summed E-state index contributed by atoms with van der Waals surface area (Å²) in [5.41, 5.74) is 11.5. The van der Waals surface area contributed by atoms with E-state index < -0.39 is 0 Å². The van der Waals surface area contributed by atoms with Crippen molar-refractivity contribution in [2.45, 2.75) is 98.8 Å². The van der Waals surface area contributed by atoms with Crippen molar-refractivity contribution in [2.24, 2.45) is 5.92 Å². The largest absolute Gasteiger partial charge is 0.509 e. The Bertz CT molecular complexity index is 2580. The SMILES string of the molecule is CC(C)Cc1ccnc(-n2c3[c-]c(Oc4[c-]c(N5[CH-]N(c6cc(C(C)(C)C)cc(C(C)(C)C)c6)c6cc(C(C)(C)C)ccc65)ccc4)ccc3c3ccccc32)c1.[Pt]. The number of fused-ring (bicyclic) bond motifs is 4. The minimum Gasteiger partial charge on any atom is -0.509 e. The summed E-state index contributed by atoms with van der Waals surface area (Å²) in [5, 5.41) is 2.26. The second-order valence-electron chi connectivity index (χ2n) is 19.1. The number of pyridine rings is 1. The van der Waals surface area contributed by atoms with Crippen LogP contribution in [0.4, 0.5) is 22.7 Å². The predicted molar refractivity (Wildman–Crippen MR) is 239 cm³/mol. The molecule has 8 rings (SSSR count). The molecule has 0 atom stereocenters. The first-order valence-electron chi connectivity index (χ1n) is 20.3. The van der Waals surface area contributed by atoms with Crippen molar-refractivity contribution in [3.05, 3.63) is 150 Å². The first-order valence-corrected chi connectivity index (χ1v) is 20.3. The normalized spacial score (nSPS) is 13.4. The number of nitrogens with zero attached hydrogens (tertiary/aromatic N) is 4. The van der Waals surface area contributed by atoms with Crippen LogP contribution in [0, 0.1) is 24.7 Å². The topological polar surface area (TPSA) is 33.5 Å².